The summed E-state index contributed by atoms with van der Waals surface area (Å²) >= 11 is 0. The number of amides is 1. The van der Waals surface area contributed by atoms with Gasteiger partial charge in [-0.15, -0.1) is 0 Å². The molecule has 4 heteroatoms. The maximum atomic E-state index is 12.9. The van der Waals surface area contributed by atoms with Crippen molar-refractivity contribution in [2.45, 2.75) is 30.9 Å². The third-order valence-electron chi connectivity index (χ3n) is 6.04. The van der Waals surface area contributed by atoms with Crippen LogP contribution in [0.3, 0.4) is 0 Å². The molecule has 1 saturated heterocycles. The fourth-order valence-corrected chi connectivity index (χ4v) is 4.69. The topological polar surface area (TPSA) is 34.5 Å². The summed E-state index contributed by atoms with van der Waals surface area (Å²) in [6.07, 6.45) is 6.36. The first-order valence-corrected chi connectivity index (χ1v) is 9.97. The maximum Gasteiger partial charge on any atom is 0.223 e. The van der Waals surface area contributed by atoms with Crippen LogP contribution in [0.5, 0.6) is 5.75 Å². The van der Waals surface area contributed by atoms with Gasteiger partial charge < -0.3 is 14.2 Å². The van der Waals surface area contributed by atoms with Crippen LogP contribution in [0.2, 0.25) is 0 Å². The van der Waals surface area contributed by atoms with Crippen LogP contribution in [-0.2, 0) is 11.2 Å². The first kappa shape index (κ1) is 17.1. The van der Waals surface area contributed by atoms with E-state index in [4.69, 9.17) is 4.74 Å². The summed E-state index contributed by atoms with van der Waals surface area (Å²) in [5.74, 6) is 1.16. The van der Waals surface area contributed by atoms with E-state index in [2.05, 4.69) is 41.2 Å². The molecule has 2 unspecified atom stereocenters. The Kier molecular flexibility index (Phi) is 4.19. The summed E-state index contributed by atoms with van der Waals surface area (Å²) < 4.78 is 8.75. The third kappa shape index (κ3) is 2.89. The van der Waals surface area contributed by atoms with Gasteiger partial charge in [0.15, 0.2) is 5.60 Å². The highest BCUT2D eigenvalue weighted by atomic mass is 16.5. The molecule has 4 nitrogen and oxygen atoms in total. The van der Waals surface area contributed by atoms with Gasteiger partial charge in [0.05, 0.1) is 6.54 Å². The zero-order valence-corrected chi connectivity index (χ0v) is 15.8. The molecule has 0 N–H and O–H groups in total. The lowest BCUT2D eigenvalue weighted by Crippen LogP contribution is -2.44. The molecule has 2 atom stereocenters. The van der Waals surface area contributed by atoms with Crippen molar-refractivity contribution in [2.75, 3.05) is 13.1 Å². The van der Waals surface area contributed by atoms with Crippen molar-refractivity contribution in [2.24, 2.45) is 0 Å². The van der Waals surface area contributed by atoms with Crippen LogP contribution in [0.15, 0.2) is 79.1 Å². The fourth-order valence-electron chi connectivity index (χ4n) is 4.69. The Morgan fingerprint density at radius 1 is 1.00 bits per heavy atom. The third-order valence-corrected chi connectivity index (χ3v) is 6.04. The van der Waals surface area contributed by atoms with Gasteiger partial charge in [-0.1, -0.05) is 48.5 Å². The summed E-state index contributed by atoms with van der Waals surface area (Å²) in [6, 6.07) is 22.7. The van der Waals surface area contributed by atoms with E-state index in [0.717, 1.165) is 25.1 Å². The van der Waals surface area contributed by atoms with Crippen LogP contribution in [-0.4, -0.2) is 34.1 Å². The van der Waals surface area contributed by atoms with Gasteiger partial charge in [-0.2, -0.15) is 0 Å². The number of fused-ring (bicyclic) bond motifs is 1. The number of nitrogens with zero attached hydrogens (tertiary/aromatic N) is 2. The molecule has 1 spiro atoms. The van der Waals surface area contributed by atoms with Crippen LogP contribution < -0.4 is 4.74 Å². The predicted octanol–water partition coefficient (Wildman–Crippen LogP) is 4.07. The summed E-state index contributed by atoms with van der Waals surface area (Å²) in [7, 11) is 0. The number of para-hydroxylation sites is 1. The number of carbonyl (C=O) groups is 1. The molecule has 1 aromatic heterocycles. The average molecular weight is 372 g/mol. The second kappa shape index (κ2) is 6.86. The number of hydrogen-bond acceptors (Lipinski definition) is 2. The Labute approximate surface area is 165 Å². The normalized spacial score (nSPS) is 23.0. The van der Waals surface area contributed by atoms with E-state index in [9.17, 15) is 4.79 Å². The van der Waals surface area contributed by atoms with Crippen LogP contribution in [0, 0.1) is 0 Å². The fraction of sp³-hybridized carbons (Fsp3) is 0.292. The van der Waals surface area contributed by atoms with E-state index < -0.39 is 0 Å². The van der Waals surface area contributed by atoms with Crippen molar-refractivity contribution in [3.8, 4) is 5.75 Å². The van der Waals surface area contributed by atoms with E-state index in [1.165, 1.54) is 11.1 Å². The van der Waals surface area contributed by atoms with Gasteiger partial charge >= 0.3 is 0 Å². The van der Waals surface area contributed by atoms with Gasteiger partial charge in [-0.05, 0) is 30.2 Å². The zero-order valence-electron chi connectivity index (χ0n) is 15.8. The van der Waals surface area contributed by atoms with Crippen LogP contribution in [0.1, 0.15) is 30.0 Å². The van der Waals surface area contributed by atoms with E-state index >= 15 is 0 Å². The number of likely N-dealkylation sites (tertiary alicyclic amines) is 1. The van der Waals surface area contributed by atoms with Gasteiger partial charge in [-0.3, -0.25) is 4.79 Å². The predicted molar refractivity (Wildman–Crippen MR) is 108 cm³/mol. The number of hydrogen-bond donors (Lipinski definition) is 0. The molecule has 0 aliphatic carbocycles. The van der Waals surface area contributed by atoms with Gasteiger partial charge in [0.1, 0.15) is 11.8 Å². The molecule has 0 saturated carbocycles. The highest BCUT2D eigenvalue weighted by Crippen LogP contribution is 2.49. The van der Waals surface area contributed by atoms with E-state index in [1.807, 2.05) is 47.4 Å². The lowest BCUT2D eigenvalue weighted by molar-refractivity contribution is -0.130. The van der Waals surface area contributed by atoms with E-state index in [-0.39, 0.29) is 17.6 Å². The maximum absolute atomic E-state index is 12.9. The second-order valence-electron chi connectivity index (χ2n) is 7.79. The number of aromatic nitrogens is 1. The van der Waals surface area contributed by atoms with E-state index in [0.29, 0.717) is 13.0 Å². The van der Waals surface area contributed by atoms with Crippen molar-refractivity contribution in [3.63, 3.8) is 0 Å². The summed E-state index contributed by atoms with van der Waals surface area (Å²) in [5, 5.41) is 0. The minimum Gasteiger partial charge on any atom is -0.482 e. The molecule has 5 rings (SSSR count). The Morgan fingerprint density at radius 2 is 1.75 bits per heavy atom. The second-order valence-corrected chi connectivity index (χ2v) is 7.79. The first-order chi connectivity index (χ1) is 13.8. The number of rotatable bonds is 4. The largest absolute Gasteiger partial charge is 0.482 e. The highest BCUT2D eigenvalue weighted by Gasteiger charge is 2.53. The van der Waals surface area contributed by atoms with Crippen molar-refractivity contribution < 1.29 is 9.53 Å². The van der Waals surface area contributed by atoms with Crippen molar-refractivity contribution in [1.29, 1.82) is 0 Å². The van der Waals surface area contributed by atoms with Crippen molar-refractivity contribution in [3.05, 3.63) is 90.3 Å². The summed E-state index contributed by atoms with van der Waals surface area (Å²) in [4.78, 5) is 14.9. The lowest BCUT2D eigenvalue weighted by atomic mass is 9.90. The van der Waals surface area contributed by atoms with Gasteiger partial charge in [-0.25, -0.2) is 0 Å². The lowest BCUT2D eigenvalue weighted by Gasteiger charge is -2.31. The molecule has 3 aromatic rings. The van der Waals surface area contributed by atoms with E-state index in [1.54, 1.807) is 0 Å². The molecule has 142 valence electrons. The zero-order chi connectivity index (χ0) is 19.0. The number of aryl methyl sites for hydroxylation is 1. The Morgan fingerprint density at radius 3 is 2.57 bits per heavy atom. The molecule has 3 heterocycles. The van der Waals surface area contributed by atoms with Crippen molar-refractivity contribution >= 4 is 5.91 Å². The Balaban J connectivity index is 1.35. The molecule has 0 radical (unpaired) electrons. The van der Waals surface area contributed by atoms with Crippen molar-refractivity contribution in [1.82, 2.24) is 9.47 Å². The minimum absolute atomic E-state index is 0.102. The summed E-state index contributed by atoms with van der Waals surface area (Å²) in [5.41, 5.74) is 2.03. The number of carbonyl (C=O) groups excluding carboxylic acids is 1. The van der Waals surface area contributed by atoms with Crippen LogP contribution >= 0.6 is 0 Å². The van der Waals surface area contributed by atoms with Crippen LogP contribution in [0.25, 0.3) is 0 Å². The number of benzene rings is 2. The summed E-state index contributed by atoms with van der Waals surface area (Å²) in [6.45, 7) is 1.39. The average Bonchev–Trinajstić information content (AvgIpc) is 3.46. The monoisotopic (exact) mass is 372 g/mol. The smallest absolute Gasteiger partial charge is 0.223 e. The Bertz CT molecular complexity index is 967. The Hall–Kier alpha value is -3.01. The first-order valence-electron chi connectivity index (χ1n) is 9.97. The molecular formula is C24H24N2O2. The highest BCUT2D eigenvalue weighted by molar-refractivity contribution is 5.77. The number of ether oxygens (including phenoxy) is 1. The molecular weight excluding hydrogens is 348 g/mol. The molecule has 28 heavy (non-hydrogen) atoms. The quantitative estimate of drug-likeness (QED) is 0.692. The molecule has 0 bridgehead atoms. The molecule has 1 amide bonds. The van der Waals surface area contributed by atoms with Gasteiger partial charge in [0.25, 0.3) is 0 Å². The SMILES string of the molecule is O=C(CCc1ccccc1)N1CCC2(C1)Oc1ccccc1C2n1cccc1. The van der Waals surface area contributed by atoms with Gasteiger partial charge in [0, 0.05) is 37.3 Å². The molecule has 2 aliphatic heterocycles. The molecule has 2 aromatic carbocycles. The minimum atomic E-state index is -0.384. The molecule has 1 fully saturated rings. The molecule has 2 aliphatic rings. The standard InChI is InChI=1S/C24H24N2O2/c27-22(13-12-19-8-2-1-3-9-19)26-17-14-24(18-26)23(25-15-6-7-16-25)20-10-4-5-11-21(20)28-24/h1-11,15-16,23H,12-14,17-18H2. The van der Waals surface area contributed by atoms with Crippen LogP contribution in [0.4, 0.5) is 0 Å². The van der Waals surface area contributed by atoms with Gasteiger partial charge in [0.2, 0.25) is 5.91 Å².